The van der Waals surface area contributed by atoms with Gasteiger partial charge in [0.1, 0.15) is 0 Å². The maximum Gasteiger partial charge on any atom is 1.00 e. The van der Waals surface area contributed by atoms with Crippen molar-refractivity contribution in [2.45, 2.75) is 0 Å². The minimum atomic E-state index is 0. The first-order valence-electron chi connectivity index (χ1n) is 2.15. The molecule has 0 aliphatic rings. The number of ether oxygens (including phenoxy) is 1. The van der Waals surface area contributed by atoms with E-state index < -0.39 is 0 Å². The number of hydrogen-bond acceptors (Lipinski definition) is 3. The van der Waals surface area contributed by atoms with Gasteiger partial charge in [0.2, 0.25) is 0 Å². The van der Waals surface area contributed by atoms with Gasteiger partial charge < -0.3 is 30.0 Å². The first-order valence-corrected chi connectivity index (χ1v) is 3.31. The van der Waals surface area contributed by atoms with Gasteiger partial charge in [0.05, 0.1) is 0 Å². The number of hydrogen-bond donors (Lipinski definition) is 0. The Bertz CT molecular complexity index is 35.7. The van der Waals surface area contributed by atoms with Gasteiger partial charge >= 0.3 is 59.1 Å². The van der Waals surface area contributed by atoms with E-state index in [-0.39, 0.29) is 59.1 Å². The molecule has 0 aliphatic carbocycles. The Balaban J connectivity index is -0.000000180. The van der Waals surface area contributed by atoms with Crippen LogP contribution in [0, 0.1) is 0 Å². The Labute approximate surface area is 112 Å². The van der Waals surface area contributed by atoms with Crippen LogP contribution >= 0.6 is 0 Å². The molecular formula is C4H8Na2OS2. The van der Waals surface area contributed by atoms with Crippen molar-refractivity contribution >= 4 is 25.3 Å². The van der Waals surface area contributed by atoms with Crippen LogP contribution in [0.4, 0.5) is 0 Å². The summed E-state index contributed by atoms with van der Waals surface area (Å²) in [5.74, 6) is 1.35. The van der Waals surface area contributed by atoms with Crippen molar-refractivity contribution in [3.05, 3.63) is 0 Å². The fraction of sp³-hybridized carbons (Fsp3) is 1.00. The van der Waals surface area contributed by atoms with E-state index in [1.807, 2.05) is 0 Å². The van der Waals surface area contributed by atoms with Crippen LogP contribution < -0.4 is 59.1 Å². The predicted octanol–water partition coefficient (Wildman–Crippen LogP) is -5.90. The first kappa shape index (κ1) is 17.7. The molecule has 0 unspecified atom stereocenters. The van der Waals surface area contributed by atoms with Crippen molar-refractivity contribution in [3.8, 4) is 0 Å². The van der Waals surface area contributed by atoms with Crippen LogP contribution in [-0.2, 0) is 30.0 Å². The van der Waals surface area contributed by atoms with E-state index in [1.54, 1.807) is 0 Å². The summed E-state index contributed by atoms with van der Waals surface area (Å²) in [6.07, 6.45) is 0. The van der Waals surface area contributed by atoms with Gasteiger partial charge in [-0.2, -0.15) is 11.5 Å². The van der Waals surface area contributed by atoms with Gasteiger partial charge in [-0.15, -0.1) is 0 Å². The second-order valence-electron chi connectivity index (χ2n) is 1.02. The molecule has 0 aromatic rings. The van der Waals surface area contributed by atoms with Crippen molar-refractivity contribution in [2.75, 3.05) is 24.7 Å². The minimum absolute atomic E-state index is 0. The molecule has 0 aromatic carbocycles. The van der Waals surface area contributed by atoms with Crippen LogP contribution in [0.1, 0.15) is 0 Å². The third-order valence-corrected chi connectivity index (χ3v) is 0.789. The van der Waals surface area contributed by atoms with Crippen LogP contribution in [0.15, 0.2) is 0 Å². The van der Waals surface area contributed by atoms with Crippen molar-refractivity contribution in [3.63, 3.8) is 0 Å². The van der Waals surface area contributed by atoms with Crippen LogP contribution in [0.3, 0.4) is 0 Å². The molecular weight excluding hydrogens is 174 g/mol. The topological polar surface area (TPSA) is 9.23 Å². The summed E-state index contributed by atoms with van der Waals surface area (Å²) in [6, 6.07) is 0. The Morgan fingerprint density at radius 2 is 1.22 bits per heavy atom. The average molecular weight is 182 g/mol. The molecule has 0 saturated heterocycles. The second-order valence-corrected chi connectivity index (χ2v) is 1.84. The number of rotatable bonds is 4. The van der Waals surface area contributed by atoms with E-state index in [9.17, 15) is 0 Å². The maximum atomic E-state index is 4.92. The summed E-state index contributed by atoms with van der Waals surface area (Å²) in [4.78, 5) is 0. The van der Waals surface area contributed by atoms with E-state index >= 15 is 0 Å². The molecule has 0 aliphatic heterocycles. The predicted molar refractivity (Wildman–Crippen MR) is 35.3 cm³/mol. The zero-order valence-electron chi connectivity index (χ0n) is 6.05. The van der Waals surface area contributed by atoms with Crippen molar-refractivity contribution in [1.82, 2.24) is 0 Å². The Kier molecular flexibility index (Phi) is 33.3. The van der Waals surface area contributed by atoms with Gasteiger partial charge in [0.25, 0.3) is 0 Å². The molecule has 0 aromatic heterocycles. The zero-order valence-corrected chi connectivity index (χ0v) is 11.7. The van der Waals surface area contributed by atoms with E-state index in [4.69, 9.17) is 4.74 Å². The molecule has 0 rings (SSSR count). The zero-order chi connectivity index (χ0) is 5.54. The van der Waals surface area contributed by atoms with Crippen LogP contribution in [0.25, 0.3) is 0 Å². The molecule has 0 bridgehead atoms. The second kappa shape index (κ2) is 17.0. The third-order valence-electron chi connectivity index (χ3n) is 0.455. The van der Waals surface area contributed by atoms with Gasteiger partial charge in [0.15, 0.2) is 0 Å². The molecule has 0 saturated carbocycles. The minimum Gasteiger partial charge on any atom is -0.790 e. The maximum absolute atomic E-state index is 4.92. The van der Waals surface area contributed by atoms with Gasteiger partial charge in [-0.1, -0.05) is 0 Å². The van der Waals surface area contributed by atoms with Crippen LogP contribution in [0.5, 0.6) is 0 Å². The SMILES string of the molecule is [Na+].[Na+].[S-]CCOCC[S-]. The smallest absolute Gasteiger partial charge is 0.790 e. The normalized spacial score (nSPS) is 7.33. The van der Waals surface area contributed by atoms with E-state index in [1.165, 1.54) is 0 Å². The summed E-state index contributed by atoms with van der Waals surface area (Å²) in [6.45, 7) is 1.35. The van der Waals surface area contributed by atoms with E-state index in [2.05, 4.69) is 25.3 Å². The Hall–Kier alpha value is 2.66. The largest absolute Gasteiger partial charge is 1.00 e. The third kappa shape index (κ3) is 18.0. The molecule has 44 valence electrons. The van der Waals surface area contributed by atoms with Crippen molar-refractivity contribution < 1.29 is 63.9 Å². The average Bonchev–Trinajstić information content (AvgIpc) is 1.69. The molecule has 1 nitrogen and oxygen atoms in total. The molecule has 0 radical (unpaired) electrons. The molecule has 0 amide bonds. The Morgan fingerprint density at radius 3 is 1.44 bits per heavy atom. The van der Waals surface area contributed by atoms with Crippen LogP contribution in [0.2, 0.25) is 0 Å². The van der Waals surface area contributed by atoms with Gasteiger partial charge in [-0.05, 0) is 0 Å². The Morgan fingerprint density at radius 1 is 0.889 bits per heavy atom. The first-order chi connectivity index (χ1) is 3.41. The molecule has 0 N–H and O–H groups in total. The molecule has 5 heteroatoms. The van der Waals surface area contributed by atoms with Crippen LogP contribution in [-0.4, -0.2) is 24.7 Å². The standard InChI is InChI=1S/C4H10OS2.2Na/c6-3-1-5-2-4-7;;/h6-7H,1-4H2;;/q;2*+1/p-2. The quantitative estimate of drug-likeness (QED) is 0.243. The summed E-state index contributed by atoms with van der Waals surface area (Å²) in [5, 5.41) is 0. The van der Waals surface area contributed by atoms with Gasteiger partial charge in [-0.3, -0.25) is 0 Å². The molecule has 0 atom stereocenters. The van der Waals surface area contributed by atoms with Crippen molar-refractivity contribution in [2.24, 2.45) is 0 Å². The molecule has 0 spiro atoms. The fourth-order valence-corrected chi connectivity index (χ4v) is 0.456. The summed E-state index contributed by atoms with van der Waals surface area (Å²) >= 11 is 9.21. The van der Waals surface area contributed by atoms with E-state index in [0.29, 0.717) is 24.7 Å². The van der Waals surface area contributed by atoms with Crippen molar-refractivity contribution in [1.29, 1.82) is 0 Å². The molecule has 9 heavy (non-hydrogen) atoms. The van der Waals surface area contributed by atoms with E-state index in [0.717, 1.165) is 0 Å². The fourth-order valence-electron chi connectivity index (χ4n) is 0.220. The summed E-state index contributed by atoms with van der Waals surface area (Å²) < 4.78 is 4.92. The monoisotopic (exact) mass is 182 g/mol. The summed E-state index contributed by atoms with van der Waals surface area (Å²) in [5.41, 5.74) is 0. The summed E-state index contributed by atoms with van der Waals surface area (Å²) in [7, 11) is 0. The van der Waals surface area contributed by atoms with Gasteiger partial charge in [0, 0.05) is 13.2 Å². The molecule has 0 heterocycles. The molecule has 0 fully saturated rings. The van der Waals surface area contributed by atoms with Gasteiger partial charge in [-0.25, -0.2) is 0 Å².